The molecule has 77 heavy (non-hydrogen) atoms. The molecule has 0 heterocycles. The number of allylic oxidation sites excluding steroid dienone is 21. The van der Waals surface area contributed by atoms with E-state index in [2.05, 4.69) is 141 Å². The Kier molecular flexibility index (Phi) is 63.8. The minimum absolute atomic E-state index is 0.0829. The molecule has 4 nitrogen and oxygen atoms in total. The Balaban J connectivity index is 3.60. The van der Waals surface area contributed by atoms with Gasteiger partial charge in [0.15, 0.2) is 0 Å². The van der Waals surface area contributed by atoms with Gasteiger partial charge in [-0.25, -0.2) is 0 Å². The summed E-state index contributed by atoms with van der Waals surface area (Å²) in [6, 6.07) is -0.654. The molecule has 0 radical (unpaired) electrons. The smallest absolute Gasteiger partial charge is 0.220 e. The van der Waals surface area contributed by atoms with Crippen LogP contribution in [0.4, 0.5) is 0 Å². The average molecular weight is 1060 g/mol. The predicted octanol–water partition coefficient (Wildman–Crippen LogP) is 22.5. The Morgan fingerprint density at radius 1 is 0.325 bits per heavy atom. The second kappa shape index (κ2) is 66.8. The van der Waals surface area contributed by atoms with E-state index >= 15 is 0 Å². The maximum atomic E-state index is 12.5. The van der Waals surface area contributed by atoms with E-state index in [0.29, 0.717) is 6.42 Å². The molecule has 4 heteroatoms. The third-order valence-electron chi connectivity index (χ3n) is 14.4. The van der Waals surface area contributed by atoms with Crippen molar-refractivity contribution in [2.45, 2.75) is 315 Å². The summed E-state index contributed by atoms with van der Waals surface area (Å²) in [6.07, 6.45) is 104. The van der Waals surface area contributed by atoms with Crippen LogP contribution in [0, 0.1) is 0 Å². The quantitative estimate of drug-likeness (QED) is 0.0420. The number of carbonyl (C=O) groups excluding carboxylic acids is 1. The van der Waals surface area contributed by atoms with E-state index < -0.39 is 12.1 Å². The van der Waals surface area contributed by atoms with E-state index in [1.807, 2.05) is 6.08 Å². The fraction of sp³-hybridized carbons (Fsp3) is 0.685. The zero-order valence-corrected chi connectivity index (χ0v) is 50.7. The first-order valence-electron chi connectivity index (χ1n) is 32.9. The lowest BCUT2D eigenvalue weighted by Crippen LogP contribution is -2.45. The molecular formula is C73H125NO3. The number of hydrogen-bond acceptors (Lipinski definition) is 3. The second-order valence-corrected chi connectivity index (χ2v) is 21.8. The van der Waals surface area contributed by atoms with Crippen LogP contribution in [0.15, 0.2) is 134 Å². The third-order valence-corrected chi connectivity index (χ3v) is 14.4. The Bertz CT molecular complexity index is 1540. The topological polar surface area (TPSA) is 69.6 Å². The maximum absolute atomic E-state index is 12.5. The number of carbonyl (C=O) groups is 1. The lowest BCUT2D eigenvalue weighted by molar-refractivity contribution is -0.123. The number of amides is 1. The van der Waals surface area contributed by atoms with Crippen molar-refractivity contribution in [1.29, 1.82) is 0 Å². The monoisotopic (exact) mass is 1060 g/mol. The van der Waals surface area contributed by atoms with E-state index in [-0.39, 0.29) is 12.5 Å². The van der Waals surface area contributed by atoms with Crippen LogP contribution in [-0.2, 0) is 4.79 Å². The molecule has 0 fully saturated rings. The van der Waals surface area contributed by atoms with Crippen LogP contribution in [0.5, 0.6) is 0 Å². The highest BCUT2D eigenvalue weighted by atomic mass is 16.3. The standard InChI is InChI=1S/C73H125NO3/c1-3-5-7-9-11-13-15-17-19-21-23-25-27-29-31-33-34-35-36-37-38-39-40-41-43-45-47-49-51-53-55-57-59-61-63-65-67-69-73(77)74-71(70-75)72(76)68-66-64-62-60-58-56-54-52-50-48-46-44-42-32-30-28-26-24-22-20-18-16-14-12-10-8-6-4-2/h5,7,11,13,17,19,23,25,29,31,34-35,37-38,40-41,45,47,58,60,66,68,71-72,75-76H,3-4,6,8-10,12,14-16,18,20-22,24,26-28,30,32-33,36,39,42-44,46,48-57,59,61-65,67,69-70H2,1-2H3,(H,74,77)/b7-5-,13-11-,19-17-,25-23-,31-29-,35-34-,38-37-,41-40-,47-45-,60-58+,68-66+. The largest absolute Gasteiger partial charge is 0.394 e. The molecule has 0 saturated heterocycles. The normalized spacial score (nSPS) is 13.7. The van der Waals surface area contributed by atoms with Crippen molar-refractivity contribution >= 4 is 5.91 Å². The van der Waals surface area contributed by atoms with Gasteiger partial charge in [0.2, 0.25) is 5.91 Å². The van der Waals surface area contributed by atoms with Gasteiger partial charge >= 0.3 is 0 Å². The molecule has 0 spiro atoms. The molecule has 3 N–H and O–H groups in total. The highest BCUT2D eigenvalue weighted by Crippen LogP contribution is 2.17. The van der Waals surface area contributed by atoms with Gasteiger partial charge in [-0.1, -0.05) is 327 Å². The Morgan fingerprint density at radius 3 is 0.909 bits per heavy atom. The Labute approximate surface area is 479 Å². The van der Waals surface area contributed by atoms with Crippen LogP contribution in [0.1, 0.15) is 303 Å². The van der Waals surface area contributed by atoms with Crippen molar-refractivity contribution < 1.29 is 15.0 Å². The minimum Gasteiger partial charge on any atom is -0.394 e. The van der Waals surface area contributed by atoms with E-state index in [1.165, 1.54) is 186 Å². The van der Waals surface area contributed by atoms with E-state index in [4.69, 9.17) is 0 Å². The zero-order chi connectivity index (χ0) is 55.5. The van der Waals surface area contributed by atoms with Crippen LogP contribution in [0.2, 0.25) is 0 Å². The Hall–Kier alpha value is -3.47. The highest BCUT2D eigenvalue weighted by Gasteiger charge is 2.18. The molecule has 0 bridgehead atoms. The molecule has 2 unspecified atom stereocenters. The number of nitrogens with one attached hydrogen (secondary N) is 1. The maximum Gasteiger partial charge on any atom is 0.220 e. The summed E-state index contributed by atoms with van der Waals surface area (Å²) in [5.41, 5.74) is 0. The van der Waals surface area contributed by atoms with Crippen LogP contribution >= 0.6 is 0 Å². The Morgan fingerprint density at radius 2 is 0.584 bits per heavy atom. The fourth-order valence-corrected chi connectivity index (χ4v) is 9.42. The predicted molar refractivity (Wildman–Crippen MR) is 345 cm³/mol. The van der Waals surface area contributed by atoms with E-state index in [1.54, 1.807) is 6.08 Å². The van der Waals surface area contributed by atoms with Crippen molar-refractivity contribution in [2.75, 3.05) is 6.61 Å². The van der Waals surface area contributed by atoms with Crippen LogP contribution < -0.4 is 5.32 Å². The molecular weight excluding hydrogens is 939 g/mol. The van der Waals surface area contributed by atoms with Gasteiger partial charge in [-0.05, 0) is 103 Å². The van der Waals surface area contributed by atoms with Gasteiger partial charge in [-0.3, -0.25) is 4.79 Å². The lowest BCUT2D eigenvalue weighted by Gasteiger charge is -2.19. The summed E-state index contributed by atoms with van der Waals surface area (Å²) < 4.78 is 0. The van der Waals surface area contributed by atoms with Gasteiger partial charge in [0, 0.05) is 6.42 Å². The number of aliphatic hydroxyl groups is 2. The zero-order valence-electron chi connectivity index (χ0n) is 50.7. The summed E-state index contributed by atoms with van der Waals surface area (Å²) in [5.74, 6) is -0.0829. The molecule has 0 aliphatic heterocycles. The first kappa shape index (κ1) is 73.5. The van der Waals surface area contributed by atoms with E-state index in [0.717, 1.165) is 96.3 Å². The molecule has 440 valence electrons. The first-order valence-corrected chi connectivity index (χ1v) is 32.9. The number of rotatable bonds is 59. The van der Waals surface area contributed by atoms with E-state index in [9.17, 15) is 15.0 Å². The molecule has 0 aromatic carbocycles. The highest BCUT2D eigenvalue weighted by molar-refractivity contribution is 5.76. The second-order valence-electron chi connectivity index (χ2n) is 21.8. The summed E-state index contributed by atoms with van der Waals surface area (Å²) in [7, 11) is 0. The average Bonchev–Trinajstić information content (AvgIpc) is 3.43. The van der Waals surface area contributed by atoms with Crippen LogP contribution in [-0.4, -0.2) is 34.9 Å². The van der Waals surface area contributed by atoms with Crippen LogP contribution in [0.25, 0.3) is 0 Å². The molecule has 0 rings (SSSR count). The fourth-order valence-electron chi connectivity index (χ4n) is 9.42. The molecule has 0 aliphatic rings. The van der Waals surface area contributed by atoms with Crippen molar-refractivity contribution in [1.82, 2.24) is 5.32 Å². The molecule has 1 amide bonds. The van der Waals surface area contributed by atoms with Gasteiger partial charge in [-0.15, -0.1) is 0 Å². The van der Waals surface area contributed by atoms with Crippen molar-refractivity contribution in [2.24, 2.45) is 0 Å². The lowest BCUT2D eigenvalue weighted by atomic mass is 10.0. The van der Waals surface area contributed by atoms with Gasteiger partial charge in [0.05, 0.1) is 18.8 Å². The third kappa shape index (κ3) is 63.2. The van der Waals surface area contributed by atoms with Gasteiger partial charge < -0.3 is 15.5 Å². The van der Waals surface area contributed by atoms with Gasteiger partial charge in [0.25, 0.3) is 0 Å². The molecule has 0 aromatic rings. The SMILES string of the molecule is CC/C=C\C/C=C\C/C=C\C/C=C\C/C=C\C/C=C\C/C=C\C/C=C\C/C=C\CCCCCCCCCCCC(=O)NC(CO)C(O)/C=C/CC/C=C/CCCCCCCCCCCCCCCCCCCCCCCC. The molecule has 0 saturated carbocycles. The molecule has 0 aliphatic carbocycles. The van der Waals surface area contributed by atoms with Crippen molar-refractivity contribution in [3.05, 3.63) is 134 Å². The number of unbranched alkanes of at least 4 members (excludes halogenated alkanes) is 32. The van der Waals surface area contributed by atoms with Gasteiger partial charge in [0.1, 0.15) is 0 Å². The van der Waals surface area contributed by atoms with Crippen LogP contribution in [0.3, 0.4) is 0 Å². The number of hydrogen-bond donors (Lipinski definition) is 3. The summed E-state index contributed by atoms with van der Waals surface area (Å²) in [4.78, 5) is 12.5. The number of aliphatic hydroxyl groups excluding tert-OH is 2. The van der Waals surface area contributed by atoms with Crippen molar-refractivity contribution in [3.8, 4) is 0 Å². The molecule has 2 atom stereocenters. The van der Waals surface area contributed by atoms with Gasteiger partial charge in [-0.2, -0.15) is 0 Å². The minimum atomic E-state index is -0.876. The summed E-state index contributed by atoms with van der Waals surface area (Å²) >= 11 is 0. The summed E-state index contributed by atoms with van der Waals surface area (Å²) in [6.45, 7) is 4.20. The van der Waals surface area contributed by atoms with Crippen molar-refractivity contribution in [3.63, 3.8) is 0 Å². The first-order chi connectivity index (χ1) is 38.2. The molecule has 0 aromatic heterocycles. The summed E-state index contributed by atoms with van der Waals surface area (Å²) in [5, 5.41) is 23.2.